The van der Waals surface area contributed by atoms with E-state index in [1.54, 1.807) is 14.2 Å². The van der Waals surface area contributed by atoms with Crippen LogP contribution in [0, 0.1) is 0 Å². The Kier molecular flexibility index (Phi) is 3.35. The molecular formula is C12H21NO3. The molecule has 2 aliphatic heterocycles. The first-order valence-electron chi connectivity index (χ1n) is 5.73. The van der Waals surface area contributed by atoms with Crippen LogP contribution in [-0.4, -0.2) is 51.7 Å². The molecule has 1 N–H and O–H groups in total. The van der Waals surface area contributed by atoms with Crippen molar-refractivity contribution in [1.29, 1.82) is 0 Å². The third-order valence-electron chi connectivity index (χ3n) is 3.47. The molecule has 0 spiro atoms. The minimum absolute atomic E-state index is 0.265. The first-order valence-corrected chi connectivity index (χ1v) is 5.73. The fourth-order valence-corrected chi connectivity index (χ4v) is 2.87. The number of hydrogen-bond donors (Lipinski definition) is 1. The largest absolute Gasteiger partial charge is 0.381 e. The third-order valence-corrected chi connectivity index (χ3v) is 3.47. The summed E-state index contributed by atoms with van der Waals surface area (Å²) in [4.78, 5) is 0. The molecule has 2 aliphatic rings. The van der Waals surface area contributed by atoms with Crippen molar-refractivity contribution in [2.24, 2.45) is 0 Å². The predicted octanol–water partition coefficient (Wildman–Crippen LogP) is 0.725. The summed E-state index contributed by atoms with van der Waals surface area (Å²) in [6, 6.07) is 0.453. The Hall–Kier alpha value is -0.420. The number of methoxy groups -OCH3 is 2. The standard InChI is InChI=1S/C12H21NO3/c1-13-10-6-11(8-14-2)4-5-12(7-10,16-11)9-15-3/h4-5,10,13H,6-9H2,1-3H3/t10?,11-,12+. The van der Waals surface area contributed by atoms with Gasteiger partial charge >= 0.3 is 0 Å². The van der Waals surface area contributed by atoms with E-state index in [-0.39, 0.29) is 11.2 Å². The van der Waals surface area contributed by atoms with Gasteiger partial charge in [-0.2, -0.15) is 0 Å². The molecule has 4 nitrogen and oxygen atoms in total. The summed E-state index contributed by atoms with van der Waals surface area (Å²) in [5.74, 6) is 0. The summed E-state index contributed by atoms with van der Waals surface area (Å²) >= 11 is 0. The topological polar surface area (TPSA) is 39.7 Å². The highest BCUT2D eigenvalue weighted by molar-refractivity contribution is 5.23. The van der Waals surface area contributed by atoms with Crippen LogP contribution >= 0.6 is 0 Å². The second-order valence-electron chi connectivity index (χ2n) is 4.82. The van der Waals surface area contributed by atoms with E-state index in [2.05, 4.69) is 17.5 Å². The van der Waals surface area contributed by atoms with Gasteiger partial charge in [0, 0.05) is 20.3 Å². The van der Waals surface area contributed by atoms with Gasteiger partial charge in [0.25, 0.3) is 0 Å². The Balaban J connectivity index is 2.16. The van der Waals surface area contributed by atoms with E-state index in [9.17, 15) is 0 Å². The predicted molar refractivity (Wildman–Crippen MR) is 61.5 cm³/mol. The molecule has 0 saturated carbocycles. The first kappa shape index (κ1) is 12.0. The van der Waals surface area contributed by atoms with Crippen LogP contribution in [0.2, 0.25) is 0 Å². The number of nitrogens with one attached hydrogen (secondary N) is 1. The summed E-state index contributed by atoms with van der Waals surface area (Å²) in [6.07, 6.45) is 6.21. The van der Waals surface area contributed by atoms with E-state index in [1.807, 2.05) is 7.05 Å². The van der Waals surface area contributed by atoms with Crippen molar-refractivity contribution < 1.29 is 14.2 Å². The fraction of sp³-hybridized carbons (Fsp3) is 0.833. The smallest absolute Gasteiger partial charge is 0.112 e. The normalized spacial score (nSPS) is 41.6. The average molecular weight is 227 g/mol. The molecule has 2 bridgehead atoms. The molecule has 0 aromatic heterocycles. The number of hydrogen-bond acceptors (Lipinski definition) is 4. The van der Waals surface area contributed by atoms with Crippen molar-refractivity contribution in [3.05, 3.63) is 12.2 Å². The maximum Gasteiger partial charge on any atom is 0.112 e. The van der Waals surface area contributed by atoms with Crippen LogP contribution in [-0.2, 0) is 14.2 Å². The van der Waals surface area contributed by atoms with Crippen LogP contribution in [0.25, 0.3) is 0 Å². The summed E-state index contributed by atoms with van der Waals surface area (Å²) in [6.45, 7) is 1.21. The Morgan fingerprint density at radius 2 is 1.69 bits per heavy atom. The van der Waals surface area contributed by atoms with Crippen LogP contribution < -0.4 is 5.32 Å². The van der Waals surface area contributed by atoms with Crippen molar-refractivity contribution in [2.75, 3.05) is 34.5 Å². The van der Waals surface area contributed by atoms with Crippen molar-refractivity contribution >= 4 is 0 Å². The van der Waals surface area contributed by atoms with E-state index < -0.39 is 0 Å². The first-order chi connectivity index (χ1) is 7.67. The lowest BCUT2D eigenvalue weighted by Crippen LogP contribution is -2.54. The molecule has 16 heavy (non-hydrogen) atoms. The minimum Gasteiger partial charge on any atom is -0.381 e. The zero-order valence-electron chi connectivity index (χ0n) is 10.3. The van der Waals surface area contributed by atoms with Gasteiger partial charge in [-0.3, -0.25) is 0 Å². The quantitative estimate of drug-likeness (QED) is 0.703. The van der Waals surface area contributed by atoms with Crippen molar-refractivity contribution in [2.45, 2.75) is 30.1 Å². The van der Waals surface area contributed by atoms with Gasteiger partial charge in [-0.15, -0.1) is 0 Å². The van der Waals surface area contributed by atoms with Crippen molar-refractivity contribution in [3.8, 4) is 0 Å². The van der Waals surface area contributed by atoms with E-state index in [1.165, 1.54) is 0 Å². The van der Waals surface area contributed by atoms with Gasteiger partial charge in [0.05, 0.1) is 13.2 Å². The summed E-state index contributed by atoms with van der Waals surface area (Å²) < 4.78 is 16.7. The monoisotopic (exact) mass is 227 g/mol. The lowest BCUT2D eigenvalue weighted by Gasteiger charge is -2.43. The molecule has 0 amide bonds. The fourth-order valence-electron chi connectivity index (χ4n) is 2.87. The Morgan fingerprint density at radius 1 is 1.19 bits per heavy atom. The zero-order chi connectivity index (χ0) is 11.6. The molecule has 0 aliphatic carbocycles. The van der Waals surface area contributed by atoms with Gasteiger partial charge in [0.15, 0.2) is 0 Å². The molecule has 3 atom stereocenters. The van der Waals surface area contributed by atoms with Crippen LogP contribution in [0.15, 0.2) is 12.2 Å². The van der Waals surface area contributed by atoms with E-state index in [4.69, 9.17) is 14.2 Å². The van der Waals surface area contributed by atoms with Gasteiger partial charge in [-0.1, -0.05) is 12.2 Å². The van der Waals surface area contributed by atoms with E-state index in [0.29, 0.717) is 19.3 Å². The highest BCUT2D eigenvalue weighted by Crippen LogP contribution is 2.43. The van der Waals surface area contributed by atoms with E-state index in [0.717, 1.165) is 12.8 Å². The van der Waals surface area contributed by atoms with Crippen LogP contribution in [0.3, 0.4) is 0 Å². The Bertz CT molecular complexity index is 257. The van der Waals surface area contributed by atoms with Gasteiger partial charge in [0.1, 0.15) is 11.2 Å². The molecule has 0 radical (unpaired) electrons. The van der Waals surface area contributed by atoms with Gasteiger partial charge in [-0.05, 0) is 19.9 Å². The number of rotatable bonds is 5. The second kappa shape index (κ2) is 4.45. The minimum atomic E-state index is -0.265. The Morgan fingerprint density at radius 3 is 2.06 bits per heavy atom. The molecule has 1 saturated heterocycles. The molecular weight excluding hydrogens is 206 g/mol. The average Bonchev–Trinajstić information content (AvgIpc) is 2.52. The molecule has 0 aromatic rings. The van der Waals surface area contributed by atoms with Crippen molar-refractivity contribution in [1.82, 2.24) is 5.32 Å². The lowest BCUT2D eigenvalue weighted by molar-refractivity contribution is -0.172. The molecule has 92 valence electrons. The maximum atomic E-state index is 6.18. The zero-order valence-corrected chi connectivity index (χ0v) is 10.3. The van der Waals surface area contributed by atoms with Crippen LogP contribution in [0.4, 0.5) is 0 Å². The second-order valence-corrected chi connectivity index (χ2v) is 4.82. The van der Waals surface area contributed by atoms with Gasteiger partial charge in [0.2, 0.25) is 0 Å². The molecule has 1 unspecified atom stereocenters. The van der Waals surface area contributed by atoms with E-state index >= 15 is 0 Å². The molecule has 2 rings (SSSR count). The third kappa shape index (κ3) is 2.02. The molecule has 1 fully saturated rings. The molecule has 4 heteroatoms. The SMILES string of the molecule is CNC1C[C@@]2(COC)C=C[C@@](COC)(C1)O2. The maximum absolute atomic E-state index is 6.18. The van der Waals surface area contributed by atoms with Crippen LogP contribution in [0.1, 0.15) is 12.8 Å². The number of fused-ring (bicyclic) bond motifs is 2. The highest BCUT2D eigenvalue weighted by Gasteiger charge is 2.51. The van der Waals surface area contributed by atoms with Gasteiger partial charge in [-0.25, -0.2) is 0 Å². The summed E-state index contributed by atoms with van der Waals surface area (Å²) in [5.41, 5.74) is -0.529. The summed E-state index contributed by atoms with van der Waals surface area (Å²) in [7, 11) is 5.42. The molecule has 0 aromatic carbocycles. The Labute approximate surface area is 96.9 Å². The lowest BCUT2D eigenvalue weighted by atomic mass is 9.88. The van der Waals surface area contributed by atoms with Gasteiger partial charge < -0.3 is 19.5 Å². The molecule has 2 heterocycles. The van der Waals surface area contributed by atoms with Crippen LogP contribution in [0.5, 0.6) is 0 Å². The summed E-state index contributed by atoms with van der Waals surface area (Å²) in [5, 5.41) is 3.34. The highest BCUT2D eigenvalue weighted by atomic mass is 16.6. The van der Waals surface area contributed by atoms with Crippen molar-refractivity contribution in [3.63, 3.8) is 0 Å². The number of ether oxygens (including phenoxy) is 3.